The van der Waals surface area contributed by atoms with Crippen LogP contribution in [0.25, 0.3) is 0 Å². The van der Waals surface area contributed by atoms with E-state index in [0.717, 1.165) is 9.13 Å². The quantitative estimate of drug-likeness (QED) is 0.740. The number of nitrogens with one attached hydrogen (secondary N) is 1. The van der Waals surface area contributed by atoms with Crippen LogP contribution in [0.5, 0.6) is 0 Å². The third kappa shape index (κ3) is 2.93. The number of hydrogen-bond acceptors (Lipinski definition) is 3. The van der Waals surface area contributed by atoms with Gasteiger partial charge in [0, 0.05) is 0 Å². The molecule has 0 fully saturated rings. The molecule has 1 aromatic rings. The number of hydrogen-bond donors (Lipinski definition) is 1. The average Bonchev–Trinajstić information content (AvgIpc) is 2.18. The van der Waals surface area contributed by atoms with Gasteiger partial charge >= 0.3 is 17.1 Å². The van der Waals surface area contributed by atoms with E-state index in [4.69, 9.17) is 0 Å². The SMILES string of the molecule is C=C(C)Cn1c(=O)[nH]c(=O)n(CC(=C)C)c1=O. The molecule has 0 bridgehead atoms. The summed E-state index contributed by atoms with van der Waals surface area (Å²) in [6.07, 6.45) is 0. The second-order valence-electron chi connectivity index (χ2n) is 4.10. The molecule has 0 saturated carbocycles. The molecular weight excluding hydrogens is 222 g/mol. The van der Waals surface area contributed by atoms with E-state index in [0.29, 0.717) is 11.1 Å². The first-order valence-corrected chi connectivity index (χ1v) is 5.05. The van der Waals surface area contributed by atoms with Crippen molar-refractivity contribution < 1.29 is 0 Å². The van der Waals surface area contributed by atoms with Gasteiger partial charge in [-0.2, -0.15) is 0 Å². The lowest BCUT2D eigenvalue weighted by molar-refractivity contribution is 0.554. The first-order valence-electron chi connectivity index (χ1n) is 5.05. The van der Waals surface area contributed by atoms with Gasteiger partial charge in [-0.15, -0.1) is 0 Å². The summed E-state index contributed by atoms with van der Waals surface area (Å²) in [4.78, 5) is 36.9. The summed E-state index contributed by atoms with van der Waals surface area (Å²) in [5, 5.41) is 0. The monoisotopic (exact) mass is 237 g/mol. The molecule has 1 rings (SSSR count). The van der Waals surface area contributed by atoms with Crippen molar-refractivity contribution in [3.8, 4) is 0 Å². The van der Waals surface area contributed by atoms with Gasteiger partial charge < -0.3 is 0 Å². The smallest absolute Gasteiger partial charge is 0.259 e. The fraction of sp³-hybridized carbons (Fsp3) is 0.364. The first-order chi connectivity index (χ1) is 7.82. The van der Waals surface area contributed by atoms with E-state index in [1.54, 1.807) is 13.8 Å². The Morgan fingerprint density at radius 2 is 1.35 bits per heavy atom. The van der Waals surface area contributed by atoms with Crippen LogP contribution in [0.1, 0.15) is 13.8 Å². The van der Waals surface area contributed by atoms with Crippen LogP contribution in [0.3, 0.4) is 0 Å². The average molecular weight is 237 g/mol. The second-order valence-corrected chi connectivity index (χ2v) is 4.10. The van der Waals surface area contributed by atoms with Crippen molar-refractivity contribution in [3.05, 3.63) is 55.8 Å². The highest BCUT2D eigenvalue weighted by Gasteiger charge is 2.09. The van der Waals surface area contributed by atoms with E-state index in [1.165, 1.54) is 0 Å². The van der Waals surface area contributed by atoms with E-state index in [1.807, 2.05) is 0 Å². The predicted octanol–water partition coefficient (Wildman–Crippen LogP) is -0.150. The lowest BCUT2D eigenvalue weighted by Crippen LogP contribution is -2.49. The summed E-state index contributed by atoms with van der Waals surface area (Å²) < 4.78 is 1.87. The predicted molar refractivity (Wildman–Crippen MR) is 65.2 cm³/mol. The normalized spacial score (nSPS) is 10.2. The lowest BCUT2D eigenvalue weighted by atomic mass is 10.3. The van der Waals surface area contributed by atoms with Crippen LogP contribution in [-0.4, -0.2) is 14.1 Å². The molecular formula is C11H15N3O3. The Morgan fingerprint density at radius 1 is 1.00 bits per heavy atom. The van der Waals surface area contributed by atoms with Crippen LogP contribution in [0, 0.1) is 0 Å². The van der Waals surface area contributed by atoms with E-state index in [-0.39, 0.29) is 13.1 Å². The zero-order valence-electron chi connectivity index (χ0n) is 9.95. The Morgan fingerprint density at radius 3 is 1.65 bits per heavy atom. The molecule has 17 heavy (non-hydrogen) atoms. The molecule has 0 radical (unpaired) electrons. The molecule has 1 heterocycles. The van der Waals surface area contributed by atoms with E-state index >= 15 is 0 Å². The topological polar surface area (TPSA) is 76.9 Å². The molecule has 0 aromatic carbocycles. The van der Waals surface area contributed by atoms with Crippen LogP contribution >= 0.6 is 0 Å². The molecule has 0 unspecified atom stereocenters. The van der Waals surface area contributed by atoms with Crippen molar-refractivity contribution in [2.45, 2.75) is 26.9 Å². The highest BCUT2D eigenvalue weighted by Crippen LogP contribution is 1.89. The van der Waals surface area contributed by atoms with Crippen LogP contribution < -0.4 is 17.1 Å². The van der Waals surface area contributed by atoms with Crippen LogP contribution in [0.15, 0.2) is 38.7 Å². The summed E-state index contributed by atoms with van der Waals surface area (Å²) >= 11 is 0. The first kappa shape index (κ1) is 13.0. The van der Waals surface area contributed by atoms with Crippen molar-refractivity contribution in [3.63, 3.8) is 0 Å². The minimum Gasteiger partial charge on any atom is -0.259 e. The molecule has 0 aliphatic rings. The molecule has 0 saturated heterocycles. The molecule has 0 spiro atoms. The molecule has 1 aromatic heterocycles. The van der Waals surface area contributed by atoms with Crippen molar-refractivity contribution in [2.24, 2.45) is 0 Å². The zero-order valence-corrected chi connectivity index (χ0v) is 9.95. The van der Waals surface area contributed by atoms with Gasteiger partial charge in [-0.25, -0.2) is 23.5 Å². The maximum absolute atomic E-state index is 11.9. The van der Waals surface area contributed by atoms with Gasteiger partial charge in [0.1, 0.15) is 0 Å². The van der Waals surface area contributed by atoms with Gasteiger partial charge in [-0.1, -0.05) is 24.3 Å². The molecule has 6 nitrogen and oxygen atoms in total. The van der Waals surface area contributed by atoms with Gasteiger partial charge in [-0.05, 0) is 13.8 Å². The molecule has 0 atom stereocenters. The Labute approximate surface area is 97.5 Å². The van der Waals surface area contributed by atoms with Crippen molar-refractivity contribution >= 4 is 0 Å². The van der Waals surface area contributed by atoms with Crippen molar-refractivity contribution in [2.75, 3.05) is 0 Å². The maximum atomic E-state index is 11.9. The number of H-pyrrole nitrogens is 1. The largest absolute Gasteiger partial charge is 0.336 e. The standard InChI is InChI=1S/C11H15N3O3/c1-7(2)5-13-9(15)12-10(16)14(11(13)17)6-8(3)4/h1,3,5-6H2,2,4H3,(H,12,15,16). The fourth-order valence-electron chi connectivity index (χ4n) is 1.36. The number of aromatic amines is 1. The van der Waals surface area contributed by atoms with E-state index in [2.05, 4.69) is 18.1 Å². The molecule has 0 aliphatic heterocycles. The van der Waals surface area contributed by atoms with Crippen LogP contribution in [0.2, 0.25) is 0 Å². The van der Waals surface area contributed by atoms with Crippen LogP contribution in [-0.2, 0) is 13.1 Å². The minimum absolute atomic E-state index is 0.0879. The Bertz CT molecular complexity index is 579. The third-order valence-electron chi connectivity index (χ3n) is 2.02. The highest BCUT2D eigenvalue weighted by molar-refractivity contribution is 4.93. The van der Waals surface area contributed by atoms with Gasteiger partial charge in [0.2, 0.25) is 0 Å². The molecule has 0 amide bonds. The summed E-state index contributed by atoms with van der Waals surface area (Å²) in [6, 6.07) is 0. The fourth-order valence-corrected chi connectivity index (χ4v) is 1.36. The molecule has 0 aliphatic carbocycles. The van der Waals surface area contributed by atoms with Crippen molar-refractivity contribution in [1.82, 2.24) is 14.1 Å². The zero-order chi connectivity index (χ0) is 13.2. The Kier molecular flexibility index (Phi) is 3.67. The van der Waals surface area contributed by atoms with Gasteiger partial charge in [0.25, 0.3) is 0 Å². The minimum atomic E-state index is -0.721. The third-order valence-corrected chi connectivity index (χ3v) is 2.02. The van der Waals surface area contributed by atoms with Crippen molar-refractivity contribution in [1.29, 1.82) is 0 Å². The summed E-state index contributed by atoms with van der Waals surface area (Å²) in [5.41, 5.74) is -0.789. The molecule has 1 N–H and O–H groups in total. The summed E-state index contributed by atoms with van der Waals surface area (Å²) in [5.74, 6) is 0. The summed E-state index contributed by atoms with van der Waals surface area (Å²) in [7, 11) is 0. The number of rotatable bonds is 4. The molecule has 92 valence electrons. The van der Waals surface area contributed by atoms with E-state index in [9.17, 15) is 14.4 Å². The molecule has 6 heteroatoms. The summed E-state index contributed by atoms with van der Waals surface area (Å²) in [6.45, 7) is 10.8. The van der Waals surface area contributed by atoms with Crippen LogP contribution in [0.4, 0.5) is 0 Å². The van der Waals surface area contributed by atoms with Gasteiger partial charge in [-0.3, -0.25) is 4.98 Å². The highest BCUT2D eigenvalue weighted by atomic mass is 16.2. The van der Waals surface area contributed by atoms with E-state index < -0.39 is 17.1 Å². The second kappa shape index (κ2) is 4.82. The number of allylic oxidation sites excluding steroid dienone is 2. The number of aromatic nitrogens is 3. The van der Waals surface area contributed by atoms with Gasteiger partial charge in [0.15, 0.2) is 0 Å². The lowest BCUT2D eigenvalue weighted by Gasteiger charge is -2.08. The Balaban J connectivity index is 3.48. The number of nitrogens with zero attached hydrogens (tertiary/aromatic N) is 2. The maximum Gasteiger partial charge on any atom is 0.336 e. The van der Waals surface area contributed by atoms with Gasteiger partial charge in [0.05, 0.1) is 13.1 Å². The Hall–Kier alpha value is -2.11.